The van der Waals surface area contributed by atoms with Gasteiger partial charge in [-0.25, -0.2) is 4.98 Å². The number of carbonyl (C=O) groups excluding carboxylic acids is 1. The zero-order chi connectivity index (χ0) is 12.8. The van der Waals surface area contributed by atoms with E-state index in [2.05, 4.69) is 15.4 Å². The zero-order valence-corrected chi connectivity index (χ0v) is 9.91. The topological polar surface area (TPSA) is 85.8 Å². The molecule has 0 spiro atoms. The first-order chi connectivity index (χ1) is 8.77. The van der Waals surface area contributed by atoms with E-state index < -0.39 is 0 Å². The summed E-state index contributed by atoms with van der Waals surface area (Å²) in [5.74, 6) is -0.242. The maximum Gasteiger partial charge on any atom is 0.272 e. The fourth-order valence-corrected chi connectivity index (χ4v) is 1.57. The van der Waals surface area contributed by atoms with Gasteiger partial charge >= 0.3 is 0 Å². The van der Waals surface area contributed by atoms with Crippen molar-refractivity contribution < 1.29 is 4.79 Å². The Balaban J connectivity index is 1.77. The number of nitrogens with one attached hydrogen (secondary N) is 1. The van der Waals surface area contributed by atoms with Crippen LogP contribution in [0.4, 0.5) is 5.69 Å². The molecule has 0 unspecified atom stereocenters. The molecule has 0 aliphatic rings. The zero-order valence-electron chi connectivity index (χ0n) is 9.91. The Morgan fingerprint density at radius 2 is 2.28 bits per heavy atom. The minimum absolute atomic E-state index is 0.242. The first kappa shape index (κ1) is 12.1. The molecule has 0 aliphatic heterocycles. The molecular formula is C12H15N5O. The number of hydrogen-bond donors (Lipinski definition) is 2. The van der Waals surface area contributed by atoms with Crippen LogP contribution >= 0.6 is 0 Å². The van der Waals surface area contributed by atoms with Crippen molar-refractivity contribution in [3.05, 3.63) is 42.5 Å². The van der Waals surface area contributed by atoms with E-state index in [0.29, 0.717) is 12.2 Å². The van der Waals surface area contributed by atoms with Gasteiger partial charge < -0.3 is 11.1 Å². The predicted molar refractivity (Wildman–Crippen MR) is 67.8 cm³/mol. The summed E-state index contributed by atoms with van der Waals surface area (Å²) in [5.41, 5.74) is 6.33. The molecule has 2 heterocycles. The summed E-state index contributed by atoms with van der Waals surface area (Å²) >= 11 is 0. The van der Waals surface area contributed by atoms with Crippen molar-refractivity contribution in [3.8, 4) is 0 Å². The first-order valence-electron chi connectivity index (χ1n) is 5.73. The molecule has 0 saturated carbocycles. The summed E-state index contributed by atoms with van der Waals surface area (Å²) in [7, 11) is 0. The molecule has 6 heteroatoms. The molecule has 3 N–H and O–H groups in total. The highest BCUT2D eigenvalue weighted by Crippen LogP contribution is 2.06. The highest BCUT2D eigenvalue weighted by atomic mass is 16.1. The maximum atomic E-state index is 11.8. The Bertz CT molecular complexity index is 509. The lowest BCUT2D eigenvalue weighted by Gasteiger charge is -2.06. The predicted octanol–water partition coefficient (Wildman–Crippen LogP) is 0.680. The first-order valence-corrected chi connectivity index (χ1v) is 5.73. The van der Waals surface area contributed by atoms with Gasteiger partial charge in [-0.15, -0.1) is 0 Å². The number of anilines is 1. The molecule has 2 rings (SSSR count). The lowest BCUT2D eigenvalue weighted by atomic mass is 10.3. The van der Waals surface area contributed by atoms with Crippen LogP contribution in [0.3, 0.4) is 0 Å². The van der Waals surface area contributed by atoms with E-state index in [9.17, 15) is 4.79 Å². The van der Waals surface area contributed by atoms with Gasteiger partial charge in [-0.3, -0.25) is 9.48 Å². The number of rotatable bonds is 5. The van der Waals surface area contributed by atoms with Gasteiger partial charge in [-0.2, -0.15) is 5.10 Å². The van der Waals surface area contributed by atoms with E-state index in [4.69, 9.17) is 5.73 Å². The van der Waals surface area contributed by atoms with E-state index in [1.54, 1.807) is 24.5 Å². The fourth-order valence-electron chi connectivity index (χ4n) is 1.57. The molecule has 1 amide bonds. The molecule has 2 aromatic rings. The van der Waals surface area contributed by atoms with E-state index >= 15 is 0 Å². The number of amides is 1. The monoisotopic (exact) mass is 245 g/mol. The van der Waals surface area contributed by atoms with Crippen LogP contribution in [0.25, 0.3) is 0 Å². The molecule has 0 atom stereocenters. The van der Waals surface area contributed by atoms with Crippen LogP contribution < -0.4 is 11.1 Å². The van der Waals surface area contributed by atoms with Crippen molar-refractivity contribution in [2.45, 2.75) is 13.0 Å². The van der Waals surface area contributed by atoms with Crippen molar-refractivity contribution in [2.24, 2.45) is 0 Å². The smallest absolute Gasteiger partial charge is 0.272 e. The number of nitrogen functional groups attached to an aromatic ring is 1. The summed E-state index contributed by atoms with van der Waals surface area (Å²) < 4.78 is 1.82. The van der Waals surface area contributed by atoms with Crippen molar-refractivity contribution >= 4 is 11.6 Å². The Morgan fingerprint density at radius 1 is 1.39 bits per heavy atom. The molecular weight excluding hydrogens is 230 g/mol. The summed E-state index contributed by atoms with van der Waals surface area (Å²) in [6, 6.07) is 5.22. The normalized spacial score (nSPS) is 10.2. The van der Waals surface area contributed by atoms with E-state index in [1.165, 1.54) is 0 Å². The standard InChI is InChI=1S/C12H15N5O/c13-10-4-1-5-14-11(10)12(18)15-6-2-8-17-9-3-7-16-17/h1,3-5,7,9H,2,6,8,13H2,(H,15,18). The van der Waals surface area contributed by atoms with Gasteiger partial charge in [-0.1, -0.05) is 0 Å². The van der Waals surface area contributed by atoms with Gasteiger partial charge in [-0.05, 0) is 24.6 Å². The number of nitrogens with zero attached hydrogens (tertiary/aromatic N) is 3. The molecule has 18 heavy (non-hydrogen) atoms. The molecule has 0 saturated heterocycles. The van der Waals surface area contributed by atoms with Crippen LogP contribution in [-0.4, -0.2) is 27.2 Å². The van der Waals surface area contributed by atoms with E-state index in [0.717, 1.165) is 13.0 Å². The molecule has 2 aromatic heterocycles. The minimum atomic E-state index is -0.242. The SMILES string of the molecule is Nc1cccnc1C(=O)NCCCn1cccn1. The van der Waals surface area contributed by atoms with Crippen molar-refractivity contribution in [1.82, 2.24) is 20.1 Å². The summed E-state index contributed by atoms with van der Waals surface area (Å²) in [4.78, 5) is 15.7. The summed E-state index contributed by atoms with van der Waals surface area (Å²) in [6.07, 6.45) is 5.97. The molecule has 94 valence electrons. The molecule has 0 bridgehead atoms. The lowest BCUT2D eigenvalue weighted by Crippen LogP contribution is -2.27. The average molecular weight is 245 g/mol. The van der Waals surface area contributed by atoms with Gasteiger partial charge in [0.15, 0.2) is 5.69 Å². The molecule has 0 aromatic carbocycles. The molecule has 0 radical (unpaired) electrons. The number of pyridine rings is 1. The largest absolute Gasteiger partial charge is 0.397 e. The molecule has 0 aliphatic carbocycles. The quantitative estimate of drug-likeness (QED) is 0.758. The second kappa shape index (κ2) is 5.81. The third-order valence-corrected chi connectivity index (χ3v) is 2.46. The van der Waals surface area contributed by atoms with Gasteiger partial charge in [0.2, 0.25) is 0 Å². The Labute approximate surface area is 105 Å². The van der Waals surface area contributed by atoms with Gasteiger partial charge in [0, 0.05) is 31.7 Å². The fraction of sp³-hybridized carbons (Fsp3) is 0.250. The number of carbonyl (C=O) groups is 1. The molecule has 6 nitrogen and oxygen atoms in total. The third-order valence-electron chi connectivity index (χ3n) is 2.46. The highest BCUT2D eigenvalue weighted by Gasteiger charge is 2.09. The third kappa shape index (κ3) is 3.07. The Morgan fingerprint density at radius 3 is 3.00 bits per heavy atom. The van der Waals surface area contributed by atoms with E-state index in [1.807, 2.05) is 16.9 Å². The summed E-state index contributed by atoms with van der Waals surface area (Å²) in [6.45, 7) is 1.33. The van der Waals surface area contributed by atoms with Crippen LogP contribution in [-0.2, 0) is 6.54 Å². The van der Waals surface area contributed by atoms with Gasteiger partial charge in [0.05, 0.1) is 5.69 Å². The number of aromatic nitrogens is 3. The summed E-state index contributed by atoms with van der Waals surface area (Å²) in [5, 5.41) is 6.86. The van der Waals surface area contributed by atoms with Crippen LogP contribution in [0.1, 0.15) is 16.9 Å². The lowest BCUT2D eigenvalue weighted by molar-refractivity contribution is 0.0948. The molecule has 0 fully saturated rings. The van der Waals surface area contributed by atoms with Gasteiger partial charge in [0.25, 0.3) is 5.91 Å². The van der Waals surface area contributed by atoms with Crippen LogP contribution in [0.15, 0.2) is 36.8 Å². The van der Waals surface area contributed by atoms with Crippen molar-refractivity contribution in [2.75, 3.05) is 12.3 Å². The second-order valence-electron chi connectivity index (χ2n) is 3.82. The number of nitrogens with two attached hydrogens (primary N) is 1. The highest BCUT2D eigenvalue weighted by molar-refractivity contribution is 5.96. The van der Waals surface area contributed by atoms with Crippen LogP contribution in [0, 0.1) is 0 Å². The van der Waals surface area contributed by atoms with Crippen molar-refractivity contribution in [1.29, 1.82) is 0 Å². The Hall–Kier alpha value is -2.37. The van der Waals surface area contributed by atoms with Gasteiger partial charge in [0.1, 0.15) is 0 Å². The van der Waals surface area contributed by atoms with Crippen LogP contribution in [0.5, 0.6) is 0 Å². The number of aryl methyl sites for hydroxylation is 1. The average Bonchev–Trinajstić information content (AvgIpc) is 2.88. The van der Waals surface area contributed by atoms with E-state index in [-0.39, 0.29) is 11.6 Å². The maximum absolute atomic E-state index is 11.8. The minimum Gasteiger partial charge on any atom is -0.397 e. The number of hydrogen-bond acceptors (Lipinski definition) is 4. The Kier molecular flexibility index (Phi) is 3.90. The van der Waals surface area contributed by atoms with Crippen LogP contribution in [0.2, 0.25) is 0 Å². The second-order valence-corrected chi connectivity index (χ2v) is 3.82. The van der Waals surface area contributed by atoms with Crippen molar-refractivity contribution in [3.63, 3.8) is 0 Å².